The lowest BCUT2D eigenvalue weighted by atomic mass is 9.93. The number of rotatable bonds is 3. The second-order valence-electron chi connectivity index (χ2n) is 6.22. The first-order chi connectivity index (χ1) is 10.8. The van der Waals surface area contributed by atoms with Crippen LogP contribution in [0, 0.1) is 17.3 Å². The summed E-state index contributed by atoms with van der Waals surface area (Å²) in [7, 11) is 1.61. The fourth-order valence-corrected chi connectivity index (χ4v) is 3.34. The fourth-order valence-electron chi connectivity index (χ4n) is 3.34. The summed E-state index contributed by atoms with van der Waals surface area (Å²) in [4.78, 5) is 5.01. The lowest BCUT2D eigenvalue weighted by molar-refractivity contribution is 0.211. The summed E-state index contributed by atoms with van der Waals surface area (Å²) in [6, 6.07) is 10.6. The number of benzene rings is 1. The Morgan fingerprint density at radius 2 is 2.09 bits per heavy atom. The van der Waals surface area contributed by atoms with Crippen molar-refractivity contribution in [3.8, 4) is 11.8 Å². The maximum Gasteiger partial charge on any atom is 0.106 e. The zero-order valence-corrected chi connectivity index (χ0v) is 13.4. The van der Waals surface area contributed by atoms with Crippen LogP contribution in [0.3, 0.4) is 0 Å². The van der Waals surface area contributed by atoms with E-state index in [9.17, 15) is 0 Å². The van der Waals surface area contributed by atoms with E-state index in [0.29, 0.717) is 5.92 Å². The van der Waals surface area contributed by atoms with Crippen molar-refractivity contribution in [2.24, 2.45) is 10.6 Å². The van der Waals surface area contributed by atoms with Crippen LogP contribution in [0.1, 0.15) is 50.5 Å². The number of allylic oxidation sites excluding steroid dienone is 2. The summed E-state index contributed by atoms with van der Waals surface area (Å²) in [5.74, 6) is 7.42. The van der Waals surface area contributed by atoms with Gasteiger partial charge in [0.1, 0.15) is 7.11 Å². The molecule has 0 unspecified atom stereocenters. The normalized spacial score (nSPS) is 27.5. The lowest BCUT2D eigenvalue weighted by Gasteiger charge is -2.11. The summed E-state index contributed by atoms with van der Waals surface area (Å²) in [6.45, 7) is 2.04. The molecule has 1 aromatic rings. The van der Waals surface area contributed by atoms with E-state index < -0.39 is 0 Å². The molecule has 2 nitrogen and oxygen atoms in total. The van der Waals surface area contributed by atoms with Crippen molar-refractivity contribution in [1.82, 2.24) is 0 Å². The second-order valence-corrected chi connectivity index (χ2v) is 6.22. The molecular weight excluding hydrogens is 270 g/mol. The van der Waals surface area contributed by atoms with Gasteiger partial charge in [0, 0.05) is 5.92 Å². The minimum absolute atomic E-state index is 0.143. The molecule has 2 heteroatoms. The minimum atomic E-state index is -0.143. The molecule has 0 bridgehead atoms. The summed E-state index contributed by atoms with van der Waals surface area (Å²) < 4.78 is 0. The number of hydrogen-bond acceptors (Lipinski definition) is 2. The van der Waals surface area contributed by atoms with Gasteiger partial charge in [-0.3, -0.25) is 0 Å². The third-order valence-electron chi connectivity index (χ3n) is 4.77. The van der Waals surface area contributed by atoms with Crippen LogP contribution in [-0.2, 0) is 4.84 Å². The fraction of sp³-hybridized carbons (Fsp3) is 0.450. The summed E-state index contributed by atoms with van der Waals surface area (Å²) in [6.07, 6.45) is 8.20. The molecule has 0 spiro atoms. The highest BCUT2D eigenvalue weighted by Gasteiger charge is 2.56. The van der Waals surface area contributed by atoms with Crippen molar-refractivity contribution in [3.63, 3.8) is 0 Å². The van der Waals surface area contributed by atoms with Crippen LogP contribution in [0.25, 0.3) is 0 Å². The standard InChI is InChI=1S/C20H23NO/c1-16(21-22-2)20(14-13-17-9-5-3-6-10-17)15-19(20)18-11-7-4-8-12-18/h4,7-9,11-12,19H,3,5-6,10,15H2,1-2H3/b21-16-/t19-,20-/m0/s1. The van der Waals surface area contributed by atoms with Gasteiger partial charge in [-0.15, -0.1) is 0 Å². The van der Waals surface area contributed by atoms with E-state index in [1.807, 2.05) is 6.92 Å². The summed E-state index contributed by atoms with van der Waals surface area (Å²) >= 11 is 0. The largest absolute Gasteiger partial charge is 0.399 e. The molecule has 3 rings (SSSR count). The molecule has 2 atom stereocenters. The van der Waals surface area contributed by atoms with E-state index in [1.54, 1.807) is 7.11 Å². The highest BCUT2D eigenvalue weighted by atomic mass is 16.6. The first-order valence-electron chi connectivity index (χ1n) is 8.11. The predicted octanol–water partition coefficient (Wildman–Crippen LogP) is 4.69. The maximum atomic E-state index is 5.01. The predicted molar refractivity (Wildman–Crippen MR) is 90.7 cm³/mol. The average Bonchev–Trinajstić information content (AvgIpc) is 3.31. The monoisotopic (exact) mass is 293 g/mol. The lowest BCUT2D eigenvalue weighted by Crippen LogP contribution is -2.13. The van der Waals surface area contributed by atoms with Crippen LogP contribution < -0.4 is 0 Å². The van der Waals surface area contributed by atoms with Crippen molar-refractivity contribution in [2.75, 3.05) is 7.11 Å². The average molecular weight is 293 g/mol. The van der Waals surface area contributed by atoms with E-state index in [0.717, 1.165) is 18.6 Å². The van der Waals surface area contributed by atoms with Gasteiger partial charge in [0.2, 0.25) is 0 Å². The Kier molecular flexibility index (Phi) is 4.34. The van der Waals surface area contributed by atoms with Gasteiger partial charge in [-0.25, -0.2) is 0 Å². The van der Waals surface area contributed by atoms with E-state index in [-0.39, 0.29) is 5.41 Å². The van der Waals surface area contributed by atoms with E-state index >= 15 is 0 Å². The van der Waals surface area contributed by atoms with Crippen LogP contribution >= 0.6 is 0 Å². The molecular formula is C20H23NO. The van der Waals surface area contributed by atoms with Crippen molar-refractivity contribution < 1.29 is 4.84 Å². The maximum absolute atomic E-state index is 5.01. The highest BCUT2D eigenvalue weighted by molar-refractivity contribution is 5.95. The van der Waals surface area contributed by atoms with Gasteiger partial charge in [0.15, 0.2) is 0 Å². The molecule has 0 aromatic heterocycles. The van der Waals surface area contributed by atoms with Crippen molar-refractivity contribution in [2.45, 2.75) is 44.9 Å². The van der Waals surface area contributed by atoms with Gasteiger partial charge >= 0.3 is 0 Å². The van der Waals surface area contributed by atoms with E-state index in [4.69, 9.17) is 4.84 Å². The smallest absolute Gasteiger partial charge is 0.106 e. The second kappa shape index (κ2) is 6.40. The SMILES string of the molecule is CO/N=C(/C)[C@]1(C#CC2=CCCCC2)C[C@H]1c1ccccc1. The Balaban J connectivity index is 1.88. The van der Waals surface area contributed by atoms with E-state index in [2.05, 4.69) is 53.4 Å². The van der Waals surface area contributed by atoms with Crippen LogP contribution in [0.5, 0.6) is 0 Å². The third kappa shape index (κ3) is 2.95. The van der Waals surface area contributed by atoms with Crippen LogP contribution in [-0.4, -0.2) is 12.8 Å². The number of nitrogens with zero attached hydrogens (tertiary/aromatic N) is 1. The van der Waals surface area contributed by atoms with Gasteiger partial charge in [-0.05, 0) is 50.2 Å². The highest BCUT2D eigenvalue weighted by Crippen LogP contribution is 2.60. The Hall–Kier alpha value is -2.01. The quantitative estimate of drug-likeness (QED) is 0.450. The molecule has 0 radical (unpaired) electrons. The zero-order valence-electron chi connectivity index (χ0n) is 13.4. The molecule has 1 aromatic carbocycles. The number of oxime groups is 1. The first-order valence-corrected chi connectivity index (χ1v) is 8.11. The molecule has 2 aliphatic rings. The van der Waals surface area contributed by atoms with Gasteiger partial charge in [-0.2, -0.15) is 0 Å². The van der Waals surface area contributed by atoms with Crippen LogP contribution in [0.15, 0.2) is 47.1 Å². The summed E-state index contributed by atoms with van der Waals surface area (Å²) in [5.41, 5.74) is 3.50. The van der Waals surface area contributed by atoms with E-state index in [1.165, 1.54) is 30.4 Å². The molecule has 0 aliphatic heterocycles. The molecule has 114 valence electrons. The molecule has 22 heavy (non-hydrogen) atoms. The van der Waals surface area contributed by atoms with Gasteiger partial charge in [0.05, 0.1) is 11.1 Å². The Bertz CT molecular complexity index is 647. The van der Waals surface area contributed by atoms with Crippen molar-refractivity contribution in [3.05, 3.63) is 47.5 Å². The molecule has 0 saturated heterocycles. The van der Waals surface area contributed by atoms with Crippen LogP contribution in [0.4, 0.5) is 0 Å². The Morgan fingerprint density at radius 3 is 2.77 bits per heavy atom. The zero-order chi connectivity index (χ0) is 15.4. The molecule has 0 amide bonds. The number of hydrogen-bond donors (Lipinski definition) is 0. The molecule has 1 saturated carbocycles. The van der Waals surface area contributed by atoms with Crippen molar-refractivity contribution in [1.29, 1.82) is 0 Å². The van der Waals surface area contributed by atoms with Gasteiger partial charge in [-0.1, -0.05) is 53.4 Å². The third-order valence-corrected chi connectivity index (χ3v) is 4.77. The van der Waals surface area contributed by atoms with Gasteiger partial charge < -0.3 is 4.84 Å². The van der Waals surface area contributed by atoms with Crippen LogP contribution in [0.2, 0.25) is 0 Å². The molecule has 1 fully saturated rings. The molecule has 0 heterocycles. The first kappa shape index (κ1) is 14.9. The Morgan fingerprint density at radius 1 is 1.27 bits per heavy atom. The Labute approximate surface area is 133 Å². The van der Waals surface area contributed by atoms with Gasteiger partial charge in [0.25, 0.3) is 0 Å². The molecule has 2 aliphatic carbocycles. The van der Waals surface area contributed by atoms with Crippen molar-refractivity contribution >= 4 is 5.71 Å². The topological polar surface area (TPSA) is 21.6 Å². The molecule has 0 N–H and O–H groups in total. The summed E-state index contributed by atoms with van der Waals surface area (Å²) in [5, 5.41) is 4.19. The minimum Gasteiger partial charge on any atom is -0.399 e.